The number of aliphatic hydroxyl groups is 1. The van der Waals surface area contributed by atoms with Gasteiger partial charge in [-0.05, 0) is 19.3 Å². The predicted octanol–water partition coefficient (Wildman–Crippen LogP) is 2.97. The number of rotatable bonds is 12. The van der Waals surface area contributed by atoms with Crippen LogP contribution in [-0.2, 0) is 4.74 Å². The maximum atomic E-state index is 9.77. The van der Waals surface area contributed by atoms with Crippen LogP contribution in [0.15, 0.2) is 0 Å². The summed E-state index contributed by atoms with van der Waals surface area (Å²) in [5.74, 6) is 0.646. The van der Waals surface area contributed by atoms with Crippen molar-refractivity contribution in [1.82, 2.24) is 5.32 Å². The molecule has 0 aromatic rings. The third kappa shape index (κ3) is 9.86. The SMILES string of the molecule is CCCCCCOCC(O)CNC(C)C(C)CC. The van der Waals surface area contributed by atoms with Crippen molar-refractivity contribution >= 4 is 0 Å². The molecule has 110 valence electrons. The molecule has 0 aliphatic carbocycles. The molecule has 0 bridgehead atoms. The molecule has 3 nitrogen and oxygen atoms in total. The Labute approximate surface area is 113 Å². The highest BCUT2D eigenvalue weighted by Gasteiger charge is 2.11. The number of nitrogens with one attached hydrogen (secondary N) is 1. The summed E-state index contributed by atoms with van der Waals surface area (Å²) in [5, 5.41) is 13.1. The van der Waals surface area contributed by atoms with Gasteiger partial charge in [-0.25, -0.2) is 0 Å². The summed E-state index contributed by atoms with van der Waals surface area (Å²) in [5.41, 5.74) is 0. The fraction of sp³-hybridized carbons (Fsp3) is 1.00. The molecular weight excluding hydrogens is 226 g/mol. The van der Waals surface area contributed by atoms with E-state index in [0.29, 0.717) is 25.1 Å². The molecule has 0 amide bonds. The van der Waals surface area contributed by atoms with E-state index in [4.69, 9.17) is 4.74 Å². The number of hydrogen-bond acceptors (Lipinski definition) is 3. The fourth-order valence-corrected chi connectivity index (χ4v) is 1.79. The van der Waals surface area contributed by atoms with Crippen molar-refractivity contribution in [1.29, 1.82) is 0 Å². The van der Waals surface area contributed by atoms with Crippen LogP contribution in [0, 0.1) is 5.92 Å². The van der Waals surface area contributed by atoms with Gasteiger partial charge in [-0.2, -0.15) is 0 Å². The van der Waals surface area contributed by atoms with Crippen LogP contribution < -0.4 is 5.32 Å². The zero-order valence-corrected chi connectivity index (χ0v) is 12.7. The van der Waals surface area contributed by atoms with Gasteiger partial charge in [0.15, 0.2) is 0 Å². The Hall–Kier alpha value is -0.120. The van der Waals surface area contributed by atoms with Crippen molar-refractivity contribution in [3.63, 3.8) is 0 Å². The lowest BCUT2D eigenvalue weighted by Gasteiger charge is -2.21. The molecule has 3 atom stereocenters. The minimum Gasteiger partial charge on any atom is -0.389 e. The molecule has 0 aliphatic heterocycles. The zero-order valence-electron chi connectivity index (χ0n) is 12.7. The first-order valence-corrected chi connectivity index (χ1v) is 7.60. The van der Waals surface area contributed by atoms with Crippen LogP contribution in [0.25, 0.3) is 0 Å². The highest BCUT2D eigenvalue weighted by molar-refractivity contribution is 4.69. The lowest BCUT2D eigenvalue weighted by atomic mass is 10.0. The van der Waals surface area contributed by atoms with E-state index in [2.05, 4.69) is 33.0 Å². The van der Waals surface area contributed by atoms with Crippen molar-refractivity contribution in [3.05, 3.63) is 0 Å². The molecule has 0 saturated heterocycles. The van der Waals surface area contributed by atoms with Gasteiger partial charge in [0.2, 0.25) is 0 Å². The Morgan fingerprint density at radius 1 is 1.11 bits per heavy atom. The summed E-state index contributed by atoms with van der Waals surface area (Å²) >= 11 is 0. The van der Waals surface area contributed by atoms with Gasteiger partial charge in [-0.15, -0.1) is 0 Å². The quantitative estimate of drug-likeness (QED) is 0.529. The number of ether oxygens (including phenoxy) is 1. The molecule has 2 N–H and O–H groups in total. The Bertz CT molecular complexity index is 176. The van der Waals surface area contributed by atoms with Gasteiger partial charge in [0.05, 0.1) is 12.7 Å². The Morgan fingerprint density at radius 2 is 1.83 bits per heavy atom. The second kappa shape index (κ2) is 11.9. The maximum Gasteiger partial charge on any atom is 0.0897 e. The highest BCUT2D eigenvalue weighted by Crippen LogP contribution is 2.06. The van der Waals surface area contributed by atoms with Crippen LogP contribution in [0.3, 0.4) is 0 Å². The van der Waals surface area contributed by atoms with E-state index in [1.54, 1.807) is 0 Å². The fourth-order valence-electron chi connectivity index (χ4n) is 1.79. The second-order valence-corrected chi connectivity index (χ2v) is 5.37. The molecule has 3 heteroatoms. The molecule has 0 rings (SSSR count). The lowest BCUT2D eigenvalue weighted by Crippen LogP contribution is -2.39. The Kier molecular flexibility index (Phi) is 11.9. The highest BCUT2D eigenvalue weighted by atomic mass is 16.5. The summed E-state index contributed by atoms with van der Waals surface area (Å²) in [7, 11) is 0. The van der Waals surface area contributed by atoms with Crippen LogP contribution in [-0.4, -0.2) is 37.0 Å². The van der Waals surface area contributed by atoms with Crippen LogP contribution in [0.5, 0.6) is 0 Å². The monoisotopic (exact) mass is 259 g/mol. The van der Waals surface area contributed by atoms with E-state index >= 15 is 0 Å². The van der Waals surface area contributed by atoms with E-state index in [9.17, 15) is 5.11 Å². The van der Waals surface area contributed by atoms with Crippen molar-refractivity contribution in [3.8, 4) is 0 Å². The van der Waals surface area contributed by atoms with Crippen LogP contribution in [0.2, 0.25) is 0 Å². The molecule has 0 aliphatic rings. The van der Waals surface area contributed by atoms with E-state index in [1.165, 1.54) is 19.3 Å². The molecule has 0 radical (unpaired) electrons. The van der Waals surface area contributed by atoms with Gasteiger partial charge in [0, 0.05) is 19.2 Å². The lowest BCUT2D eigenvalue weighted by molar-refractivity contribution is 0.0335. The van der Waals surface area contributed by atoms with E-state index in [1.807, 2.05) is 0 Å². The predicted molar refractivity (Wildman–Crippen MR) is 77.9 cm³/mol. The second-order valence-electron chi connectivity index (χ2n) is 5.37. The van der Waals surface area contributed by atoms with Gasteiger partial charge >= 0.3 is 0 Å². The summed E-state index contributed by atoms with van der Waals surface area (Å²) in [4.78, 5) is 0. The zero-order chi connectivity index (χ0) is 13.8. The number of aliphatic hydroxyl groups excluding tert-OH is 1. The Morgan fingerprint density at radius 3 is 2.44 bits per heavy atom. The van der Waals surface area contributed by atoms with Gasteiger partial charge in [-0.1, -0.05) is 46.5 Å². The molecule has 0 aromatic heterocycles. The van der Waals surface area contributed by atoms with Crippen molar-refractivity contribution in [2.24, 2.45) is 5.92 Å². The smallest absolute Gasteiger partial charge is 0.0897 e. The van der Waals surface area contributed by atoms with Crippen molar-refractivity contribution < 1.29 is 9.84 Å². The summed E-state index contributed by atoms with van der Waals surface area (Å²) in [6.45, 7) is 10.7. The molecule has 0 saturated carbocycles. The summed E-state index contributed by atoms with van der Waals surface area (Å²) in [6.07, 6.45) is 5.65. The van der Waals surface area contributed by atoms with Crippen LogP contribution >= 0.6 is 0 Å². The Balaban J connectivity index is 3.39. The number of unbranched alkanes of at least 4 members (excludes halogenated alkanes) is 3. The average molecular weight is 259 g/mol. The van der Waals surface area contributed by atoms with E-state index < -0.39 is 0 Å². The van der Waals surface area contributed by atoms with E-state index in [-0.39, 0.29) is 6.10 Å². The molecule has 0 aromatic carbocycles. The topological polar surface area (TPSA) is 41.5 Å². The minimum atomic E-state index is -0.386. The largest absolute Gasteiger partial charge is 0.389 e. The van der Waals surface area contributed by atoms with E-state index in [0.717, 1.165) is 19.4 Å². The molecule has 0 heterocycles. The third-order valence-corrected chi connectivity index (χ3v) is 3.63. The first-order chi connectivity index (χ1) is 8.61. The minimum absolute atomic E-state index is 0.386. The van der Waals surface area contributed by atoms with Crippen molar-refractivity contribution in [2.45, 2.75) is 71.9 Å². The molecule has 0 spiro atoms. The van der Waals surface area contributed by atoms with Gasteiger partial charge in [-0.3, -0.25) is 0 Å². The van der Waals surface area contributed by atoms with Gasteiger partial charge < -0.3 is 15.2 Å². The van der Waals surface area contributed by atoms with Crippen LogP contribution in [0.1, 0.15) is 59.8 Å². The normalized spacial score (nSPS) is 16.5. The molecular formula is C15H33NO2. The first-order valence-electron chi connectivity index (χ1n) is 7.60. The van der Waals surface area contributed by atoms with Crippen LogP contribution in [0.4, 0.5) is 0 Å². The summed E-state index contributed by atoms with van der Waals surface area (Å²) in [6, 6.07) is 0.453. The number of hydrogen-bond donors (Lipinski definition) is 2. The average Bonchev–Trinajstić information content (AvgIpc) is 2.38. The standard InChI is InChI=1S/C15H33NO2/c1-5-7-8-9-10-18-12-15(17)11-16-14(4)13(3)6-2/h13-17H,5-12H2,1-4H3. The van der Waals surface area contributed by atoms with Gasteiger partial charge in [0.1, 0.15) is 0 Å². The third-order valence-electron chi connectivity index (χ3n) is 3.63. The maximum absolute atomic E-state index is 9.77. The van der Waals surface area contributed by atoms with Gasteiger partial charge in [0.25, 0.3) is 0 Å². The molecule has 0 fully saturated rings. The first kappa shape index (κ1) is 17.9. The molecule has 18 heavy (non-hydrogen) atoms. The molecule has 3 unspecified atom stereocenters. The van der Waals surface area contributed by atoms with Crippen molar-refractivity contribution in [2.75, 3.05) is 19.8 Å². The summed E-state index contributed by atoms with van der Waals surface area (Å²) < 4.78 is 5.47.